The SMILES string of the molecule is O=C(Nc1ccc(Br)cc1)c1cc(Br)ccc1NS(=O)c1ccccc1F. The van der Waals surface area contributed by atoms with Gasteiger partial charge in [-0.25, -0.2) is 8.60 Å². The van der Waals surface area contributed by atoms with E-state index in [9.17, 15) is 13.4 Å². The first-order valence-corrected chi connectivity index (χ1v) is 10.5. The zero-order valence-corrected chi connectivity index (χ0v) is 17.7. The lowest BCUT2D eigenvalue weighted by molar-refractivity contribution is 0.102. The molecule has 0 aliphatic rings. The number of hydrogen-bond donors (Lipinski definition) is 2. The Hall–Kier alpha value is -2.03. The molecule has 0 aromatic heterocycles. The van der Waals surface area contributed by atoms with Crippen LogP contribution >= 0.6 is 31.9 Å². The number of anilines is 2. The number of carbonyl (C=O) groups is 1. The van der Waals surface area contributed by atoms with Gasteiger partial charge in [0.15, 0.2) is 11.0 Å². The van der Waals surface area contributed by atoms with Crippen molar-refractivity contribution in [3.05, 3.63) is 87.1 Å². The molecule has 0 aliphatic heterocycles. The second kappa shape index (κ2) is 8.77. The summed E-state index contributed by atoms with van der Waals surface area (Å²) in [6.07, 6.45) is 0. The Kier molecular flexibility index (Phi) is 6.41. The van der Waals surface area contributed by atoms with Gasteiger partial charge in [-0.2, -0.15) is 0 Å². The van der Waals surface area contributed by atoms with E-state index in [0.29, 0.717) is 15.8 Å². The first-order chi connectivity index (χ1) is 12.9. The van der Waals surface area contributed by atoms with Gasteiger partial charge < -0.3 is 10.0 Å². The molecule has 1 amide bonds. The van der Waals surface area contributed by atoms with Crippen LogP contribution in [0.5, 0.6) is 0 Å². The highest BCUT2D eigenvalue weighted by Gasteiger charge is 2.16. The number of nitrogens with one attached hydrogen (secondary N) is 2. The Morgan fingerprint density at radius 3 is 2.30 bits per heavy atom. The largest absolute Gasteiger partial charge is 0.322 e. The topological polar surface area (TPSA) is 58.2 Å². The Morgan fingerprint density at radius 1 is 0.926 bits per heavy atom. The lowest BCUT2D eigenvalue weighted by Gasteiger charge is -2.13. The molecule has 0 spiro atoms. The Bertz CT molecular complexity index is 1010. The van der Waals surface area contributed by atoms with Crippen LogP contribution in [0, 0.1) is 5.82 Å². The van der Waals surface area contributed by atoms with Crippen molar-refractivity contribution >= 4 is 60.1 Å². The van der Waals surface area contributed by atoms with E-state index in [1.54, 1.807) is 36.4 Å². The van der Waals surface area contributed by atoms with Gasteiger partial charge in [0.2, 0.25) is 0 Å². The van der Waals surface area contributed by atoms with E-state index in [-0.39, 0.29) is 16.4 Å². The van der Waals surface area contributed by atoms with Crippen molar-refractivity contribution in [2.45, 2.75) is 4.90 Å². The molecule has 3 aromatic carbocycles. The zero-order chi connectivity index (χ0) is 19.4. The minimum Gasteiger partial charge on any atom is -0.322 e. The lowest BCUT2D eigenvalue weighted by Crippen LogP contribution is -2.16. The van der Waals surface area contributed by atoms with E-state index in [1.165, 1.54) is 18.2 Å². The maximum absolute atomic E-state index is 13.9. The van der Waals surface area contributed by atoms with Crippen molar-refractivity contribution in [2.24, 2.45) is 0 Å². The molecule has 0 aliphatic carbocycles. The summed E-state index contributed by atoms with van der Waals surface area (Å²) in [6, 6.07) is 17.8. The van der Waals surface area contributed by atoms with E-state index in [1.807, 2.05) is 12.1 Å². The molecule has 1 unspecified atom stereocenters. The molecular formula is C19H13Br2FN2O2S. The molecule has 27 heavy (non-hydrogen) atoms. The molecule has 4 nitrogen and oxygen atoms in total. The molecule has 2 N–H and O–H groups in total. The summed E-state index contributed by atoms with van der Waals surface area (Å²) in [5.41, 5.74) is 1.22. The third-order valence-corrected chi connectivity index (χ3v) is 5.73. The van der Waals surface area contributed by atoms with E-state index < -0.39 is 16.8 Å². The second-order valence-corrected chi connectivity index (χ2v) is 8.46. The average molecular weight is 512 g/mol. The Labute approximate surface area is 175 Å². The third-order valence-electron chi connectivity index (χ3n) is 3.57. The lowest BCUT2D eigenvalue weighted by atomic mass is 10.1. The van der Waals surface area contributed by atoms with Crippen molar-refractivity contribution < 1.29 is 13.4 Å². The molecule has 1 atom stereocenters. The van der Waals surface area contributed by atoms with Crippen LogP contribution in [-0.4, -0.2) is 10.1 Å². The first-order valence-electron chi connectivity index (χ1n) is 7.73. The van der Waals surface area contributed by atoms with Gasteiger partial charge in [0.1, 0.15) is 5.82 Å². The van der Waals surface area contributed by atoms with Crippen LogP contribution in [0.2, 0.25) is 0 Å². The predicted octanol–water partition coefficient (Wildman–Crippen LogP) is 5.74. The zero-order valence-electron chi connectivity index (χ0n) is 13.7. The van der Waals surface area contributed by atoms with Gasteiger partial charge in [-0.15, -0.1) is 0 Å². The van der Waals surface area contributed by atoms with E-state index in [0.717, 1.165) is 4.47 Å². The minimum atomic E-state index is -1.86. The van der Waals surface area contributed by atoms with Crippen LogP contribution in [0.3, 0.4) is 0 Å². The fraction of sp³-hybridized carbons (Fsp3) is 0. The highest BCUT2D eigenvalue weighted by atomic mass is 79.9. The molecule has 3 aromatic rings. The molecule has 0 heterocycles. The normalized spacial score (nSPS) is 11.7. The van der Waals surface area contributed by atoms with Gasteiger partial charge >= 0.3 is 0 Å². The fourth-order valence-corrected chi connectivity index (χ4v) is 3.84. The monoisotopic (exact) mass is 510 g/mol. The predicted molar refractivity (Wildman–Crippen MR) is 113 cm³/mol. The van der Waals surface area contributed by atoms with Gasteiger partial charge in [-0.05, 0) is 54.6 Å². The number of rotatable bonds is 5. The van der Waals surface area contributed by atoms with Gasteiger partial charge in [0, 0.05) is 14.6 Å². The molecular weight excluding hydrogens is 499 g/mol. The highest BCUT2D eigenvalue weighted by molar-refractivity contribution is 9.10. The number of benzene rings is 3. The summed E-state index contributed by atoms with van der Waals surface area (Å²) in [7, 11) is -1.86. The van der Waals surface area contributed by atoms with Crippen LogP contribution in [-0.2, 0) is 11.0 Å². The van der Waals surface area contributed by atoms with Crippen molar-refractivity contribution in [1.29, 1.82) is 0 Å². The summed E-state index contributed by atoms with van der Waals surface area (Å²) >= 11 is 6.67. The average Bonchev–Trinajstić information content (AvgIpc) is 2.65. The summed E-state index contributed by atoms with van der Waals surface area (Å²) in [5.74, 6) is -0.965. The number of amides is 1. The van der Waals surface area contributed by atoms with E-state index in [4.69, 9.17) is 0 Å². The molecule has 0 radical (unpaired) electrons. The summed E-state index contributed by atoms with van der Waals surface area (Å²) in [4.78, 5) is 12.7. The number of halogens is 3. The molecule has 3 rings (SSSR count). The quantitative estimate of drug-likeness (QED) is 0.459. The Balaban J connectivity index is 1.86. The number of hydrogen-bond acceptors (Lipinski definition) is 2. The van der Waals surface area contributed by atoms with Gasteiger partial charge in [-0.3, -0.25) is 4.79 Å². The Morgan fingerprint density at radius 2 is 1.59 bits per heavy atom. The third kappa shape index (κ3) is 5.03. The van der Waals surface area contributed by atoms with Crippen molar-refractivity contribution in [3.8, 4) is 0 Å². The fourth-order valence-electron chi connectivity index (χ4n) is 2.27. The molecule has 138 valence electrons. The van der Waals surface area contributed by atoms with Gasteiger partial charge in [-0.1, -0.05) is 44.0 Å². The molecule has 0 bridgehead atoms. The second-order valence-electron chi connectivity index (χ2n) is 5.45. The van der Waals surface area contributed by atoms with Crippen LogP contribution in [0.15, 0.2) is 80.6 Å². The van der Waals surface area contributed by atoms with Crippen LogP contribution in [0.4, 0.5) is 15.8 Å². The van der Waals surface area contributed by atoms with Crippen LogP contribution < -0.4 is 10.0 Å². The molecule has 0 fully saturated rings. The molecule has 8 heteroatoms. The first kappa shape index (κ1) is 19.7. The maximum Gasteiger partial charge on any atom is 0.257 e. The summed E-state index contributed by atoms with van der Waals surface area (Å²) in [6.45, 7) is 0. The molecule has 0 saturated carbocycles. The van der Waals surface area contributed by atoms with E-state index >= 15 is 0 Å². The van der Waals surface area contributed by atoms with Gasteiger partial charge in [0.25, 0.3) is 5.91 Å². The van der Waals surface area contributed by atoms with Crippen molar-refractivity contribution in [3.63, 3.8) is 0 Å². The summed E-state index contributed by atoms with van der Waals surface area (Å²) in [5, 5.41) is 2.78. The van der Waals surface area contributed by atoms with Crippen molar-refractivity contribution in [2.75, 3.05) is 10.0 Å². The van der Waals surface area contributed by atoms with Crippen molar-refractivity contribution in [1.82, 2.24) is 0 Å². The summed E-state index contributed by atoms with van der Waals surface area (Å²) < 4.78 is 30.7. The highest BCUT2D eigenvalue weighted by Crippen LogP contribution is 2.25. The maximum atomic E-state index is 13.9. The van der Waals surface area contributed by atoms with Crippen LogP contribution in [0.25, 0.3) is 0 Å². The van der Waals surface area contributed by atoms with E-state index in [2.05, 4.69) is 41.9 Å². The van der Waals surface area contributed by atoms with Crippen LogP contribution in [0.1, 0.15) is 10.4 Å². The molecule has 0 saturated heterocycles. The number of carbonyl (C=O) groups excluding carboxylic acids is 1. The smallest absolute Gasteiger partial charge is 0.257 e. The van der Waals surface area contributed by atoms with Gasteiger partial charge in [0.05, 0.1) is 16.1 Å². The standard InChI is InChI=1S/C19H13Br2FN2O2S/c20-12-5-8-14(9-6-12)23-19(25)15-11-13(21)7-10-17(15)24-27(26)18-4-2-1-3-16(18)22/h1-11,24H,(H,23,25). The minimum absolute atomic E-state index is 0.0136.